The van der Waals surface area contributed by atoms with Gasteiger partial charge in [-0.1, -0.05) is 6.92 Å². The zero-order chi connectivity index (χ0) is 15.6. The minimum Gasteiger partial charge on any atom is -0.477 e. The zero-order valence-electron chi connectivity index (χ0n) is 11.9. The Balaban J connectivity index is 2.56. The molecule has 2 aromatic rings. The van der Waals surface area contributed by atoms with Crippen LogP contribution in [0.5, 0.6) is 0 Å². The number of nitro groups is 1. The van der Waals surface area contributed by atoms with Crippen molar-refractivity contribution in [3.8, 4) is 11.3 Å². The van der Waals surface area contributed by atoms with E-state index in [9.17, 15) is 20.0 Å². The largest absolute Gasteiger partial charge is 0.477 e. The molecule has 0 bridgehead atoms. The van der Waals surface area contributed by atoms with E-state index in [4.69, 9.17) is 0 Å². The highest BCUT2D eigenvalue weighted by Crippen LogP contribution is 2.29. The molecule has 2 rings (SSSR count). The number of rotatable bonds is 5. The number of carboxylic acid groups (broad SMARTS) is 1. The minimum absolute atomic E-state index is 0.0308. The predicted molar refractivity (Wildman–Crippen MR) is 78.5 cm³/mol. The van der Waals surface area contributed by atoms with Crippen molar-refractivity contribution in [3.63, 3.8) is 0 Å². The van der Waals surface area contributed by atoms with E-state index in [1.807, 2.05) is 6.92 Å². The van der Waals surface area contributed by atoms with Crippen molar-refractivity contribution in [1.29, 1.82) is 0 Å². The minimum atomic E-state index is -0.978. The quantitative estimate of drug-likeness (QED) is 0.674. The van der Waals surface area contributed by atoms with Gasteiger partial charge in [-0.2, -0.15) is 0 Å². The van der Waals surface area contributed by atoms with Crippen LogP contribution in [0.4, 0.5) is 5.69 Å². The molecular weight excluding hydrogens is 272 g/mol. The topological polar surface area (TPSA) is 85.4 Å². The predicted octanol–water partition coefficient (Wildman–Crippen LogP) is 3.48. The Hall–Kier alpha value is -2.63. The number of benzene rings is 1. The van der Waals surface area contributed by atoms with Gasteiger partial charge in [0.15, 0.2) is 0 Å². The van der Waals surface area contributed by atoms with Crippen LogP contribution in [0.15, 0.2) is 30.3 Å². The molecule has 1 aromatic carbocycles. The number of aromatic carboxylic acids is 1. The van der Waals surface area contributed by atoms with Gasteiger partial charge in [0.1, 0.15) is 5.69 Å². The molecule has 0 aliphatic heterocycles. The lowest BCUT2D eigenvalue weighted by atomic mass is 10.0. The van der Waals surface area contributed by atoms with Crippen molar-refractivity contribution in [2.45, 2.75) is 26.8 Å². The maximum absolute atomic E-state index is 11.3. The summed E-state index contributed by atoms with van der Waals surface area (Å²) in [6, 6.07) is 7.91. The second-order valence-corrected chi connectivity index (χ2v) is 4.82. The molecule has 1 aromatic heterocycles. The highest BCUT2D eigenvalue weighted by atomic mass is 16.6. The van der Waals surface area contributed by atoms with Crippen LogP contribution in [0.1, 0.15) is 29.4 Å². The van der Waals surface area contributed by atoms with Gasteiger partial charge in [0, 0.05) is 29.9 Å². The molecule has 1 heterocycles. The molecule has 0 atom stereocenters. The van der Waals surface area contributed by atoms with E-state index in [2.05, 4.69) is 0 Å². The fraction of sp³-hybridized carbons (Fsp3) is 0.267. The summed E-state index contributed by atoms with van der Waals surface area (Å²) < 4.78 is 1.73. The number of aromatic nitrogens is 1. The summed E-state index contributed by atoms with van der Waals surface area (Å²) in [6.07, 6.45) is 0.800. The second-order valence-electron chi connectivity index (χ2n) is 4.82. The van der Waals surface area contributed by atoms with Crippen LogP contribution >= 0.6 is 0 Å². The molecule has 0 spiro atoms. The number of aryl methyl sites for hydroxylation is 1. The molecular formula is C15H16N2O4. The van der Waals surface area contributed by atoms with E-state index >= 15 is 0 Å². The molecule has 0 amide bonds. The molecule has 0 radical (unpaired) electrons. The van der Waals surface area contributed by atoms with Gasteiger partial charge in [0.2, 0.25) is 0 Å². The first-order valence-corrected chi connectivity index (χ1v) is 6.64. The average molecular weight is 288 g/mol. The number of nitro benzene ring substituents is 1. The third-order valence-electron chi connectivity index (χ3n) is 3.34. The molecule has 0 saturated carbocycles. The fourth-order valence-corrected chi connectivity index (χ4v) is 2.40. The molecule has 0 aliphatic carbocycles. The van der Waals surface area contributed by atoms with Crippen molar-refractivity contribution >= 4 is 11.7 Å². The molecule has 0 aliphatic rings. The smallest absolute Gasteiger partial charge is 0.352 e. The van der Waals surface area contributed by atoms with Gasteiger partial charge in [-0.25, -0.2) is 4.79 Å². The molecule has 6 heteroatoms. The summed E-state index contributed by atoms with van der Waals surface area (Å²) in [6.45, 7) is 4.34. The fourth-order valence-electron chi connectivity index (χ4n) is 2.40. The van der Waals surface area contributed by atoms with E-state index in [0.29, 0.717) is 6.54 Å². The normalized spacial score (nSPS) is 10.6. The number of hydrogen-bond donors (Lipinski definition) is 1. The van der Waals surface area contributed by atoms with Gasteiger partial charge in [0.05, 0.1) is 4.92 Å². The Morgan fingerprint density at radius 3 is 2.57 bits per heavy atom. The van der Waals surface area contributed by atoms with Crippen LogP contribution in [0.2, 0.25) is 0 Å². The summed E-state index contributed by atoms with van der Waals surface area (Å²) in [5.74, 6) is -0.978. The van der Waals surface area contributed by atoms with Crippen LogP contribution in [0, 0.1) is 17.0 Å². The summed E-state index contributed by atoms with van der Waals surface area (Å²) in [7, 11) is 0. The van der Waals surface area contributed by atoms with E-state index in [1.54, 1.807) is 29.7 Å². The molecule has 0 unspecified atom stereocenters. The van der Waals surface area contributed by atoms with Gasteiger partial charge in [-0.15, -0.1) is 0 Å². The Kier molecular flexibility index (Phi) is 4.07. The Labute approximate surface area is 121 Å². The lowest BCUT2D eigenvalue weighted by Crippen LogP contribution is -2.09. The second kappa shape index (κ2) is 5.78. The van der Waals surface area contributed by atoms with Crippen LogP contribution in [0.3, 0.4) is 0 Å². The van der Waals surface area contributed by atoms with Gasteiger partial charge in [-0.05, 0) is 37.1 Å². The monoisotopic (exact) mass is 288 g/mol. The van der Waals surface area contributed by atoms with E-state index in [1.165, 1.54) is 12.1 Å². The first-order valence-electron chi connectivity index (χ1n) is 6.64. The first kappa shape index (κ1) is 14.8. The van der Waals surface area contributed by atoms with Crippen molar-refractivity contribution in [3.05, 3.63) is 51.7 Å². The summed E-state index contributed by atoms with van der Waals surface area (Å²) in [4.78, 5) is 21.6. The van der Waals surface area contributed by atoms with Gasteiger partial charge in [0.25, 0.3) is 5.69 Å². The lowest BCUT2D eigenvalue weighted by molar-refractivity contribution is -0.384. The van der Waals surface area contributed by atoms with Crippen LogP contribution < -0.4 is 0 Å². The first-order chi connectivity index (χ1) is 9.95. The Bertz CT molecular complexity index is 704. The number of non-ortho nitro benzene ring substituents is 1. The molecule has 0 saturated heterocycles. The van der Waals surface area contributed by atoms with Crippen LogP contribution in [0.25, 0.3) is 11.3 Å². The molecule has 110 valence electrons. The number of carbonyl (C=O) groups is 1. The van der Waals surface area contributed by atoms with E-state index < -0.39 is 10.9 Å². The van der Waals surface area contributed by atoms with Crippen LogP contribution in [-0.2, 0) is 6.54 Å². The number of hydrogen-bond acceptors (Lipinski definition) is 3. The average Bonchev–Trinajstić information content (AvgIpc) is 2.82. The highest BCUT2D eigenvalue weighted by molar-refractivity contribution is 5.87. The Morgan fingerprint density at radius 2 is 2.05 bits per heavy atom. The number of carboxylic acids is 1. The van der Waals surface area contributed by atoms with Crippen molar-refractivity contribution < 1.29 is 14.8 Å². The zero-order valence-corrected chi connectivity index (χ0v) is 11.9. The maximum Gasteiger partial charge on any atom is 0.352 e. The van der Waals surface area contributed by atoms with Gasteiger partial charge in [-0.3, -0.25) is 10.1 Å². The third-order valence-corrected chi connectivity index (χ3v) is 3.34. The maximum atomic E-state index is 11.3. The lowest BCUT2D eigenvalue weighted by Gasteiger charge is -2.12. The Morgan fingerprint density at radius 1 is 1.33 bits per heavy atom. The van der Waals surface area contributed by atoms with E-state index in [-0.39, 0.29) is 11.4 Å². The molecule has 6 nitrogen and oxygen atoms in total. The standard InChI is InChI=1S/C15H16N2O4/c1-3-8-16-13(6-7-14(16)15(18)19)12-5-4-11(17(20)21)9-10(12)2/h4-7,9H,3,8H2,1-2H3,(H,18,19). The summed E-state index contributed by atoms with van der Waals surface area (Å²) in [5.41, 5.74) is 2.58. The highest BCUT2D eigenvalue weighted by Gasteiger charge is 2.17. The molecule has 21 heavy (non-hydrogen) atoms. The third kappa shape index (κ3) is 2.79. The van der Waals surface area contributed by atoms with Crippen LogP contribution in [-0.4, -0.2) is 20.6 Å². The summed E-state index contributed by atoms with van der Waals surface area (Å²) in [5, 5.41) is 20.0. The van der Waals surface area contributed by atoms with Gasteiger partial charge >= 0.3 is 5.97 Å². The van der Waals surface area contributed by atoms with E-state index in [0.717, 1.165) is 23.2 Å². The SMILES string of the molecule is CCCn1c(C(=O)O)ccc1-c1ccc([N+](=O)[O-])cc1C. The van der Waals surface area contributed by atoms with Crippen molar-refractivity contribution in [2.24, 2.45) is 0 Å². The number of nitrogens with zero attached hydrogens (tertiary/aromatic N) is 2. The van der Waals surface area contributed by atoms with Gasteiger partial charge < -0.3 is 9.67 Å². The molecule has 0 fully saturated rings. The van der Waals surface area contributed by atoms with Crippen molar-refractivity contribution in [1.82, 2.24) is 4.57 Å². The molecule has 1 N–H and O–H groups in total. The van der Waals surface area contributed by atoms with Crippen molar-refractivity contribution in [2.75, 3.05) is 0 Å². The summed E-state index contributed by atoms with van der Waals surface area (Å²) >= 11 is 0.